The Hall–Kier alpha value is -3.31. The molecule has 0 fully saturated rings. The third-order valence-electron chi connectivity index (χ3n) is 5.95. The molecule has 0 saturated carbocycles. The van der Waals surface area contributed by atoms with Crippen molar-refractivity contribution in [3.63, 3.8) is 0 Å². The van der Waals surface area contributed by atoms with E-state index in [1.165, 1.54) is 0 Å². The van der Waals surface area contributed by atoms with Crippen molar-refractivity contribution in [3.8, 4) is 5.75 Å². The van der Waals surface area contributed by atoms with E-state index in [0.29, 0.717) is 27.8 Å². The molecule has 0 radical (unpaired) electrons. The third kappa shape index (κ3) is 7.85. The van der Waals surface area contributed by atoms with E-state index in [0.717, 1.165) is 28.7 Å². The molecule has 0 aliphatic heterocycles. The van der Waals surface area contributed by atoms with Crippen LogP contribution in [0.3, 0.4) is 0 Å². The van der Waals surface area contributed by atoms with Crippen LogP contribution in [0, 0.1) is 19.8 Å². The van der Waals surface area contributed by atoms with Gasteiger partial charge in [-0.25, -0.2) is 0 Å². The maximum absolute atomic E-state index is 13.6. The van der Waals surface area contributed by atoms with Gasteiger partial charge in [-0.1, -0.05) is 79.0 Å². The summed E-state index contributed by atoms with van der Waals surface area (Å²) >= 11 is 6.25. The summed E-state index contributed by atoms with van der Waals surface area (Å²) in [6.07, 6.45) is 0.968. The van der Waals surface area contributed by atoms with Gasteiger partial charge in [0.1, 0.15) is 12.4 Å². The molecule has 5 nitrogen and oxygen atoms in total. The number of halogens is 1. The maximum atomic E-state index is 13.6. The Bertz CT molecular complexity index is 1200. The lowest BCUT2D eigenvalue weighted by Crippen LogP contribution is -2.30. The van der Waals surface area contributed by atoms with Crippen LogP contribution >= 0.6 is 11.6 Å². The van der Waals surface area contributed by atoms with E-state index >= 15 is 0 Å². The van der Waals surface area contributed by atoms with Gasteiger partial charge in [-0.2, -0.15) is 0 Å². The smallest absolute Gasteiger partial charge is 0.303 e. The molecule has 0 bridgehead atoms. The highest BCUT2D eigenvalue weighted by atomic mass is 35.5. The Morgan fingerprint density at radius 1 is 0.972 bits per heavy atom. The van der Waals surface area contributed by atoms with Crippen LogP contribution in [0.25, 0.3) is 0 Å². The fraction of sp³-hybridized carbons (Fsp3) is 0.333. The summed E-state index contributed by atoms with van der Waals surface area (Å²) in [7, 11) is 0. The highest BCUT2D eigenvalue weighted by molar-refractivity contribution is 6.31. The summed E-state index contributed by atoms with van der Waals surface area (Å²) in [6.45, 7) is 8.61. The molecule has 3 rings (SSSR count). The van der Waals surface area contributed by atoms with Crippen LogP contribution in [-0.2, 0) is 17.8 Å². The first kappa shape index (κ1) is 27.3. The van der Waals surface area contributed by atoms with Crippen molar-refractivity contribution in [3.05, 3.63) is 99.1 Å². The van der Waals surface area contributed by atoms with E-state index in [2.05, 4.69) is 51.2 Å². The first-order valence-electron chi connectivity index (χ1n) is 12.2. The van der Waals surface area contributed by atoms with E-state index in [4.69, 9.17) is 16.3 Å². The topological polar surface area (TPSA) is 75.6 Å². The molecule has 0 aromatic heterocycles. The third-order valence-corrected chi connectivity index (χ3v) is 6.31. The van der Waals surface area contributed by atoms with Crippen LogP contribution < -0.4 is 10.1 Å². The average Bonchev–Trinajstić information content (AvgIpc) is 2.81. The number of hydrogen-bond donors (Lipinski definition) is 2. The molecule has 3 aromatic rings. The van der Waals surface area contributed by atoms with Gasteiger partial charge in [-0.15, -0.1) is 0 Å². The standard InChI is InChI=1S/C30H34ClNO4/c1-19(2)13-28(24-15-20(3)14-21(4)16-24)32-30(35)26-17-25(11-9-22(26)10-12-29(33)34)36-18-23-7-5-6-8-27(23)31/h5-9,11,14-17,19,28H,10,12-13,18H2,1-4H3,(H,32,35)(H,33,34). The molecule has 1 atom stereocenters. The lowest BCUT2D eigenvalue weighted by Gasteiger charge is -2.23. The number of hydrogen-bond acceptors (Lipinski definition) is 3. The van der Waals surface area contributed by atoms with Crippen molar-refractivity contribution in [2.75, 3.05) is 0 Å². The summed E-state index contributed by atoms with van der Waals surface area (Å²) in [5.74, 6) is -0.268. The number of ether oxygens (including phenoxy) is 1. The Labute approximate surface area is 218 Å². The van der Waals surface area contributed by atoms with Gasteiger partial charge >= 0.3 is 5.97 Å². The number of carbonyl (C=O) groups excluding carboxylic acids is 1. The second kappa shape index (κ2) is 12.6. The van der Waals surface area contributed by atoms with Gasteiger partial charge in [-0.3, -0.25) is 9.59 Å². The van der Waals surface area contributed by atoms with Gasteiger partial charge in [0, 0.05) is 22.6 Å². The molecule has 1 unspecified atom stereocenters. The fourth-order valence-corrected chi connectivity index (χ4v) is 4.48. The predicted molar refractivity (Wildman–Crippen MR) is 144 cm³/mol. The van der Waals surface area contributed by atoms with Crippen LogP contribution in [-0.4, -0.2) is 17.0 Å². The van der Waals surface area contributed by atoms with Gasteiger partial charge in [0.25, 0.3) is 5.91 Å². The Morgan fingerprint density at radius 3 is 2.31 bits per heavy atom. The van der Waals surface area contributed by atoms with Crippen LogP contribution in [0.1, 0.15) is 70.9 Å². The summed E-state index contributed by atoms with van der Waals surface area (Å²) in [6, 6.07) is 18.8. The zero-order valence-corrected chi connectivity index (χ0v) is 22.1. The molecule has 3 aromatic carbocycles. The molecule has 36 heavy (non-hydrogen) atoms. The molecule has 0 saturated heterocycles. The van der Waals surface area contributed by atoms with Gasteiger partial charge in [0.2, 0.25) is 0 Å². The van der Waals surface area contributed by atoms with Crippen molar-refractivity contribution in [2.24, 2.45) is 5.92 Å². The molecular formula is C30H34ClNO4. The first-order valence-corrected chi connectivity index (χ1v) is 12.6. The van der Waals surface area contributed by atoms with Crippen LogP contribution in [0.4, 0.5) is 0 Å². The minimum absolute atomic E-state index is 0.0629. The first-order chi connectivity index (χ1) is 17.1. The van der Waals surface area contributed by atoms with Crippen molar-refractivity contribution in [1.82, 2.24) is 5.32 Å². The molecule has 0 aliphatic carbocycles. The highest BCUT2D eigenvalue weighted by Crippen LogP contribution is 2.27. The molecule has 0 spiro atoms. The van der Waals surface area contributed by atoms with Crippen LogP contribution in [0.5, 0.6) is 5.75 Å². The number of amides is 1. The summed E-state index contributed by atoms with van der Waals surface area (Å²) in [4.78, 5) is 24.8. The second-order valence-electron chi connectivity index (χ2n) is 9.67. The molecule has 190 valence electrons. The molecule has 2 N–H and O–H groups in total. The average molecular weight is 508 g/mol. The molecular weight excluding hydrogens is 474 g/mol. The normalized spacial score (nSPS) is 11.8. The van der Waals surface area contributed by atoms with Gasteiger partial charge in [-0.05, 0) is 61.9 Å². The zero-order chi connectivity index (χ0) is 26.2. The van der Waals surface area contributed by atoms with Gasteiger partial charge < -0.3 is 15.2 Å². The molecule has 6 heteroatoms. The lowest BCUT2D eigenvalue weighted by molar-refractivity contribution is -0.136. The number of nitrogens with one attached hydrogen (secondary N) is 1. The van der Waals surface area contributed by atoms with E-state index < -0.39 is 5.97 Å². The maximum Gasteiger partial charge on any atom is 0.303 e. The lowest BCUT2D eigenvalue weighted by atomic mass is 9.93. The quantitative estimate of drug-likeness (QED) is 0.291. The monoisotopic (exact) mass is 507 g/mol. The SMILES string of the molecule is Cc1cc(C)cc(C(CC(C)C)NC(=O)c2cc(OCc3ccccc3Cl)ccc2CCC(=O)O)c1. The number of rotatable bonds is 11. The number of carboxylic acid groups (broad SMARTS) is 1. The van der Waals surface area contributed by atoms with E-state index in [1.54, 1.807) is 24.3 Å². The number of benzene rings is 3. The Balaban J connectivity index is 1.89. The van der Waals surface area contributed by atoms with Gasteiger partial charge in [0.05, 0.1) is 6.04 Å². The summed E-state index contributed by atoms with van der Waals surface area (Å²) in [5.41, 5.74) is 5.28. The van der Waals surface area contributed by atoms with Crippen LogP contribution in [0.2, 0.25) is 5.02 Å². The molecule has 0 aliphatic rings. The van der Waals surface area contributed by atoms with E-state index in [-0.39, 0.29) is 31.4 Å². The minimum Gasteiger partial charge on any atom is -0.489 e. The minimum atomic E-state index is -0.909. The van der Waals surface area contributed by atoms with Crippen molar-refractivity contribution < 1.29 is 19.4 Å². The van der Waals surface area contributed by atoms with Crippen molar-refractivity contribution >= 4 is 23.5 Å². The Kier molecular flexibility index (Phi) is 9.54. The summed E-state index contributed by atoms with van der Waals surface area (Å²) < 4.78 is 5.95. The number of aryl methyl sites for hydroxylation is 3. The van der Waals surface area contributed by atoms with E-state index in [9.17, 15) is 14.7 Å². The Morgan fingerprint density at radius 2 is 1.67 bits per heavy atom. The van der Waals surface area contributed by atoms with Gasteiger partial charge in [0.15, 0.2) is 0 Å². The number of aliphatic carboxylic acids is 1. The summed E-state index contributed by atoms with van der Waals surface area (Å²) in [5, 5.41) is 13.0. The van der Waals surface area contributed by atoms with Crippen molar-refractivity contribution in [1.29, 1.82) is 0 Å². The van der Waals surface area contributed by atoms with Crippen LogP contribution in [0.15, 0.2) is 60.7 Å². The molecule has 0 heterocycles. The highest BCUT2D eigenvalue weighted by Gasteiger charge is 2.21. The second-order valence-corrected chi connectivity index (χ2v) is 10.1. The van der Waals surface area contributed by atoms with Crippen molar-refractivity contribution in [2.45, 2.75) is 59.6 Å². The van der Waals surface area contributed by atoms with E-state index in [1.807, 2.05) is 18.2 Å². The zero-order valence-electron chi connectivity index (χ0n) is 21.3. The predicted octanol–water partition coefficient (Wildman–Crippen LogP) is 7.07. The number of carbonyl (C=O) groups is 2. The fourth-order valence-electron chi connectivity index (χ4n) is 4.29. The number of carboxylic acids is 1. The molecule has 1 amide bonds. The largest absolute Gasteiger partial charge is 0.489 e.